The topological polar surface area (TPSA) is 59.1 Å². The van der Waals surface area contributed by atoms with E-state index in [1.165, 1.54) is 0 Å². The van der Waals surface area contributed by atoms with Crippen LogP contribution in [0.1, 0.15) is 29.6 Å². The zero-order chi connectivity index (χ0) is 17.2. The van der Waals surface area contributed by atoms with Gasteiger partial charge in [0.1, 0.15) is 5.75 Å². The molecule has 0 bridgehead atoms. The molecule has 24 heavy (non-hydrogen) atoms. The number of benzene rings is 1. The minimum Gasteiger partial charge on any atom is -0.496 e. The Morgan fingerprint density at radius 3 is 2.83 bits per heavy atom. The monoisotopic (exact) mass is 332 g/mol. The van der Waals surface area contributed by atoms with Crippen LogP contribution < -0.4 is 4.74 Å². The Kier molecular flexibility index (Phi) is 4.76. The Morgan fingerprint density at radius 2 is 2.04 bits per heavy atom. The van der Waals surface area contributed by atoms with E-state index in [9.17, 15) is 9.59 Å². The van der Waals surface area contributed by atoms with Gasteiger partial charge in [-0.25, -0.2) is 0 Å². The lowest BCUT2D eigenvalue weighted by atomic mass is 9.94. The maximum absolute atomic E-state index is 12.9. The number of morpholine rings is 1. The van der Waals surface area contributed by atoms with Gasteiger partial charge in [-0.2, -0.15) is 0 Å². The molecule has 3 rings (SSSR count). The predicted molar refractivity (Wildman–Crippen MR) is 89.1 cm³/mol. The molecule has 0 saturated carbocycles. The van der Waals surface area contributed by atoms with Crippen molar-refractivity contribution >= 4 is 11.8 Å². The normalized spacial score (nSPS) is 24.8. The Labute approximate surface area is 142 Å². The number of ether oxygens (including phenoxy) is 2. The number of likely N-dealkylation sites (tertiary alicyclic amines) is 1. The molecule has 2 aliphatic heterocycles. The summed E-state index contributed by atoms with van der Waals surface area (Å²) >= 11 is 0. The van der Waals surface area contributed by atoms with Gasteiger partial charge < -0.3 is 19.3 Å². The standard InChI is InChI=1S/C18H24N2O4/c1-19-10-6-5-9-18(17(19)22)13-20(11-12-24-18)16(21)14-7-3-4-8-15(14)23-2/h3-4,7-8H,5-6,9-13H2,1-2H3. The van der Waals surface area contributed by atoms with Gasteiger partial charge in [0.2, 0.25) is 0 Å². The summed E-state index contributed by atoms with van der Waals surface area (Å²) in [4.78, 5) is 29.2. The number of hydrogen-bond donors (Lipinski definition) is 0. The van der Waals surface area contributed by atoms with E-state index in [4.69, 9.17) is 9.47 Å². The van der Waals surface area contributed by atoms with E-state index in [2.05, 4.69) is 0 Å². The molecule has 1 atom stereocenters. The van der Waals surface area contributed by atoms with Gasteiger partial charge in [-0.3, -0.25) is 9.59 Å². The van der Waals surface area contributed by atoms with Crippen LogP contribution in [0, 0.1) is 0 Å². The van der Waals surface area contributed by atoms with Gasteiger partial charge in [0, 0.05) is 20.1 Å². The van der Waals surface area contributed by atoms with E-state index in [1.807, 2.05) is 12.1 Å². The number of likely N-dealkylation sites (N-methyl/N-ethyl adjacent to an activating group) is 1. The fraction of sp³-hybridized carbons (Fsp3) is 0.556. The summed E-state index contributed by atoms with van der Waals surface area (Å²) in [5, 5.41) is 0. The second-order valence-electron chi connectivity index (χ2n) is 6.45. The Bertz CT molecular complexity index is 633. The lowest BCUT2D eigenvalue weighted by Gasteiger charge is -2.42. The Hall–Kier alpha value is -2.08. The van der Waals surface area contributed by atoms with Gasteiger partial charge in [0.15, 0.2) is 5.60 Å². The van der Waals surface area contributed by atoms with Gasteiger partial charge in [-0.15, -0.1) is 0 Å². The van der Waals surface area contributed by atoms with E-state index >= 15 is 0 Å². The van der Waals surface area contributed by atoms with Crippen LogP contribution in [-0.2, 0) is 9.53 Å². The van der Waals surface area contributed by atoms with Crippen LogP contribution in [0.25, 0.3) is 0 Å². The first-order valence-electron chi connectivity index (χ1n) is 8.39. The number of carbonyl (C=O) groups is 2. The molecule has 1 aromatic carbocycles. The first-order valence-corrected chi connectivity index (χ1v) is 8.39. The van der Waals surface area contributed by atoms with Crippen molar-refractivity contribution in [3.63, 3.8) is 0 Å². The van der Waals surface area contributed by atoms with E-state index < -0.39 is 5.60 Å². The summed E-state index contributed by atoms with van der Waals surface area (Å²) in [6.45, 7) is 1.90. The van der Waals surface area contributed by atoms with Gasteiger partial charge in [-0.05, 0) is 31.4 Å². The third-order valence-electron chi connectivity index (χ3n) is 4.87. The second-order valence-corrected chi connectivity index (χ2v) is 6.45. The Morgan fingerprint density at radius 1 is 1.25 bits per heavy atom. The van der Waals surface area contributed by atoms with E-state index in [0.29, 0.717) is 37.4 Å². The molecule has 0 N–H and O–H groups in total. The SMILES string of the molecule is COc1ccccc1C(=O)N1CCOC2(CCCCN(C)C2=O)C1. The number of nitrogens with zero attached hydrogens (tertiary/aromatic N) is 2. The molecule has 1 spiro atoms. The summed E-state index contributed by atoms with van der Waals surface area (Å²) in [6.07, 6.45) is 2.55. The molecule has 2 aliphatic rings. The molecule has 1 aromatic rings. The zero-order valence-corrected chi connectivity index (χ0v) is 14.3. The maximum Gasteiger partial charge on any atom is 0.257 e. The quantitative estimate of drug-likeness (QED) is 0.824. The van der Waals surface area contributed by atoms with Crippen molar-refractivity contribution in [2.24, 2.45) is 0 Å². The molecule has 2 saturated heterocycles. The van der Waals surface area contributed by atoms with Crippen molar-refractivity contribution in [3.05, 3.63) is 29.8 Å². The first kappa shape index (κ1) is 16.8. The highest BCUT2D eigenvalue weighted by Gasteiger charge is 2.47. The molecule has 6 heteroatoms. The zero-order valence-electron chi connectivity index (χ0n) is 14.3. The van der Waals surface area contributed by atoms with Crippen molar-refractivity contribution in [2.75, 3.05) is 40.4 Å². The second kappa shape index (κ2) is 6.81. The predicted octanol–water partition coefficient (Wildman–Crippen LogP) is 1.55. The fourth-order valence-electron chi connectivity index (χ4n) is 3.55. The van der Waals surface area contributed by atoms with Crippen LogP contribution in [0.15, 0.2) is 24.3 Å². The van der Waals surface area contributed by atoms with Crippen LogP contribution >= 0.6 is 0 Å². The maximum atomic E-state index is 12.9. The van der Waals surface area contributed by atoms with Gasteiger partial charge in [-0.1, -0.05) is 12.1 Å². The van der Waals surface area contributed by atoms with Crippen LogP contribution in [-0.4, -0.2) is 67.6 Å². The number of rotatable bonds is 2. The number of hydrogen-bond acceptors (Lipinski definition) is 4. The van der Waals surface area contributed by atoms with Crippen LogP contribution in [0.5, 0.6) is 5.75 Å². The molecular weight excluding hydrogens is 308 g/mol. The van der Waals surface area contributed by atoms with Crippen molar-refractivity contribution in [2.45, 2.75) is 24.9 Å². The highest BCUT2D eigenvalue weighted by molar-refractivity contribution is 5.97. The molecular formula is C18H24N2O4. The van der Waals surface area contributed by atoms with Crippen LogP contribution in [0.3, 0.4) is 0 Å². The fourth-order valence-corrected chi connectivity index (χ4v) is 3.55. The number of para-hydroxylation sites is 1. The first-order chi connectivity index (χ1) is 11.6. The summed E-state index contributed by atoms with van der Waals surface area (Å²) < 4.78 is 11.2. The van der Waals surface area contributed by atoms with Crippen molar-refractivity contribution in [1.29, 1.82) is 0 Å². The highest BCUT2D eigenvalue weighted by Crippen LogP contribution is 2.30. The molecule has 0 radical (unpaired) electrons. The van der Waals surface area contributed by atoms with Crippen LogP contribution in [0.2, 0.25) is 0 Å². The molecule has 2 heterocycles. The minimum absolute atomic E-state index is 0.0162. The van der Waals surface area contributed by atoms with Crippen LogP contribution in [0.4, 0.5) is 0 Å². The summed E-state index contributed by atoms with van der Waals surface area (Å²) in [7, 11) is 3.36. The lowest BCUT2D eigenvalue weighted by molar-refractivity contribution is -0.166. The van der Waals surface area contributed by atoms with Gasteiger partial charge in [0.05, 0.1) is 25.8 Å². The Balaban J connectivity index is 1.85. The molecule has 0 aromatic heterocycles. The number of amides is 2. The van der Waals surface area contributed by atoms with E-state index in [0.717, 1.165) is 19.4 Å². The van der Waals surface area contributed by atoms with Crippen molar-refractivity contribution in [1.82, 2.24) is 9.80 Å². The lowest BCUT2D eigenvalue weighted by Crippen LogP contribution is -2.60. The van der Waals surface area contributed by atoms with Gasteiger partial charge in [0.25, 0.3) is 11.8 Å². The number of carbonyl (C=O) groups excluding carboxylic acids is 2. The molecule has 6 nitrogen and oxygen atoms in total. The van der Waals surface area contributed by atoms with Crippen molar-refractivity contribution < 1.29 is 19.1 Å². The molecule has 1 unspecified atom stereocenters. The van der Waals surface area contributed by atoms with Crippen molar-refractivity contribution in [3.8, 4) is 5.75 Å². The van der Waals surface area contributed by atoms with E-state index in [-0.39, 0.29) is 11.8 Å². The smallest absolute Gasteiger partial charge is 0.257 e. The van der Waals surface area contributed by atoms with Gasteiger partial charge >= 0.3 is 0 Å². The highest BCUT2D eigenvalue weighted by atomic mass is 16.5. The van der Waals surface area contributed by atoms with E-state index in [1.54, 1.807) is 36.1 Å². The molecule has 0 aliphatic carbocycles. The summed E-state index contributed by atoms with van der Waals surface area (Å²) in [5.41, 5.74) is -0.382. The summed E-state index contributed by atoms with van der Waals surface area (Å²) in [6, 6.07) is 7.18. The minimum atomic E-state index is -0.902. The average Bonchev–Trinajstić information content (AvgIpc) is 2.75. The summed E-state index contributed by atoms with van der Waals surface area (Å²) in [5.74, 6) is 0.416. The largest absolute Gasteiger partial charge is 0.496 e. The molecule has 2 amide bonds. The number of methoxy groups -OCH3 is 1. The average molecular weight is 332 g/mol. The third-order valence-corrected chi connectivity index (χ3v) is 4.87. The third kappa shape index (κ3) is 2.98. The molecule has 130 valence electrons. The molecule has 2 fully saturated rings.